The molecule has 0 aliphatic rings. The summed E-state index contributed by atoms with van der Waals surface area (Å²) >= 11 is 4.51. The normalized spacial score (nSPS) is 9.29. The van der Waals surface area contributed by atoms with Crippen LogP contribution in [-0.4, -0.2) is 30.5 Å². The number of carboxylic acids is 1. The first-order valence-electron chi connectivity index (χ1n) is 4.67. The van der Waals surface area contributed by atoms with Crippen molar-refractivity contribution in [1.29, 1.82) is 0 Å². The Hall–Kier alpha value is -1.91. The van der Waals surface area contributed by atoms with Gasteiger partial charge in [-0.2, -0.15) is 4.99 Å². The number of isothiocyanates is 1. The molecule has 0 unspecified atom stereocenters. The van der Waals surface area contributed by atoms with Crippen molar-refractivity contribution in [2.45, 2.75) is 6.42 Å². The van der Waals surface area contributed by atoms with E-state index in [0.29, 0.717) is 22.7 Å². The lowest BCUT2D eigenvalue weighted by molar-refractivity contribution is -0.136. The zero-order valence-electron chi connectivity index (χ0n) is 9.39. The smallest absolute Gasteiger partial charge is 0.307 e. The Balaban J connectivity index is 3.33. The van der Waals surface area contributed by atoms with Gasteiger partial charge in [-0.25, -0.2) is 0 Å². The van der Waals surface area contributed by atoms with Crippen molar-refractivity contribution < 1.29 is 19.4 Å². The van der Waals surface area contributed by atoms with Gasteiger partial charge < -0.3 is 14.6 Å². The van der Waals surface area contributed by atoms with E-state index in [4.69, 9.17) is 14.6 Å². The van der Waals surface area contributed by atoms with Gasteiger partial charge in [-0.3, -0.25) is 4.79 Å². The Kier molecular flexibility index (Phi) is 4.63. The predicted octanol–water partition coefficient (Wildman–Crippen LogP) is 2.07. The molecule has 0 spiro atoms. The molecule has 0 saturated heterocycles. The van der Waals surface area contributed by atoms with E-state index < -0.39 is 5.97 Å². The van der Waals surface area contributed by atoms with Crippen LogP contribution >= 0.6 is 12.2 Å². The van der Waals surface area contributed by atoms with Gasteiger partial charge in [0.1, 0.15) is 0 Å². The number of nitrogens with zero attached hydrogens (tertiary/aromatic N) is 1. The summed E-state index contributed by atoms with van der Waals surface area (Å²) in [5.41, 5.74) is 0.910. The molecule has 1 rings (SSSR count). The summed E-state index contributed by atoms with van der Waals surface area (Å²) in [6.45, 7) is 0. The van der Waals surface area contributed by atoms with E-state index in [1.165, 1.54) is 14.2 Å². The van der Waals surface area contributed by atoms with Gasteiger partial charge in [-0.1, -0.05) is 0 Å². The molecular formula is C11H11NO4S. The van der Waals surface area contributed by atoms with Crippen molar-refractivity contribution in [3.8, 4) is 11.5 Å². The average Bonchev–Trinajstić information content (AvgIpc) is 2.30. The molecule has 0 saturated carbocycles. The number of ether oxygens (including phenoxy) is 2. The van der Waals surface area contributed by atoms with Crippen molar-refractivity contribution in [3.05, 3.63) is 17.7 Å². The summed E-state index contributed by atoms with van der Waals surface area (Å²) in [4.78, 5) is 14.5. The number of methoxy groups -OCH3 is 2. The zero-order valence-corrected chi connectivity index (χ0v) is 10.2. The quantitative estimate of drug-likeness (QED) is 0.642. The van der Waals surface area contributed by atoms with Gasteiger partial charge in [0.2, 0.25) is 0 Å². The number of carboxylic acid groups (broad SMARTS) is 1. The molecule has 0 fully saturated rings. The van der Waals surface area contributed by atoms with Crippen LogP contribution in [0.25, 0.3) is 0 Å². The van der Waals surface area contributed by atoms with Gasteiger partial charge in [0.15, 0.2) is 11.5 Å². The molecule has 0 atom stereocenters. The van der Waals surface area contributed by atoms with E-state index in [2.05, 4.69) is 22.4 Å². The first-order valence-corrected chi connectivity index (χ1v) is 5.07. The summed E-state index contributed by atoms with van der Waals surface area (Å²) < 4.78 is 10.2. The van der Waals surface area contributed by atoms with Crippen LogP contribution in [-0.2, 0) is 11.2 Å². The van der Waals surface area contributed by atoms with Crippen molar-refractivity contribution in [2.24, 2.45) is 4.99 Å². The third-order valence-electron chi connectivity index (χ3n) is 2.09. The van der Waals surface area contributed by atoms with E-state index in [0.717, 1.165) is 0 Å². The maximum absolute atomic E-state index is 10.7. The molecule has 1 N–H and O–H groups in total. The fourth-order valence-electron chi connectivity index (χ4n) is 1.37. The Bertz CT molecular complexity index is 481. The first-order chi connectivity index (χ1) is 8.12. The lowest BCUT2D eigenvalue weighted by atomic mass is 10.1. The molecule has 0 radical (unpaired) electrons. The van der Waals surface area contributed by atoms with Crippen LogP contribution in [0, 0.1) is 0 Å². The first kappa shape index (κ1) is 13.2. The zero-order chi connectivity index (χ0) is 12.8. The monoisotopic (exact) mass is 253 g/mol. The molecule has 0 amide bonds. The molecule has 1 aromatic rings. The maximum atomic E-state index is 10.7. The lowest BCUT2D eigenvalue weighted by Crippen LogP contribution is -2.01. The molecule has 5 nitrogen and oxygen atoms in total. The van der Waals surface area contributed by atoms with Crippen LogP contribution in [0.15, 0.2) is 17.1 Å². The second-order valence-corrected chi connectivity index (χ2v) is 3.29. The minimum Gasteiger partial charge on any atom is -0.493 e. The van der Waals surface area contributed by atoms with Crippen LogP contribution in [0.5, 0.6) is 11.5 Å². The lowest BCUT2D eigenvalue weighted by Gasteiger charge is -2.10. The molecule has 0 bridgehead atoms. The number of benzene rings is 1. The highest BCUT2D eigenvalue weighted by Crippen LogP contribution is 2.34. The Morgan fingerprint density at radius 3 is 2.47 bits per heavy atom. The summed E-state index contributed by atoms with van der Waals surface area (Å²) in [6, 6.07) is 3.13. The summed E-state index contributed by atoms with van der Waals surface area (Å²) in [6.07, 6.45) is -0.170. The molecular weight excluding hydrogens is 242 g/mol. The molecule has 0 aliphatic heterocycles. The number of hydrogen-bond acceptors (Lipinski definition) is 5. The second-order valence-electron chi connectivity index (χ2n) is 3.11. The predicted molar refractivity (Wildman–Crippen MR) is 65.6 cm³/mol. The molecule has 0 heterocycles. The molecule has 0 aromatic heterocycles. The number of rotatable bonds is 5. The fraction of sp³-hybridized carbons (Fsp3) is 0.273. The third-order valence-corrected chi connectivity index (χ3v) is 2.18. The van der Waals surface area contributed by atoms with Crippen molar-refractivity contribution in [3.63, 3.8) is 0 Å². The maximum Gasteiger partial charge on any atom is 0.307 e. The summed E-state index contributed by atoms with van der Waals surface area (Å²) in [5.74, 6) is -0.0456. The van der Waals surface area contributed by atoms with E-state index in [9.17, 15) is 4.79 Å². The Morgan fingerprint density at radius 1 is 1.41 bits per heavy atom. The molecule has 17 heavy (non-hydrogen) atoms. The number of carbonyl (C=O) groups is 1. The topological polar surface area (TPSA) is 68.1 Å². The summed E-state index contributed by atoms with van der Waals surface area (Å²) in [5, 5.41) is 11.0. The molecule has 1 aromatic carbocycles. The Labute approximate surface area is 104 Å². The van der Waals surface area contributed by atoms with E-state index in [1.54, 1.807) is 12.1 Å². The standard InChI is InChI=1S/C11H11NO4S/c1-15-9-3-7(4-11(13)14)8(12-6-17)5-10(9)16-2/h3,5H,4H2,1-2H3,(H,13,14). The SMILES string of the molecule is COc1cc(CC(=O)O)c(N=C=S)cc1OC. The van der Waals surface area contributed by atoms with Crippen molar-refractivity contribution in [1.82, 2.24) is 0 Å². The van der Waals surface area contributed by atoms with Crippen LogP contribution in [0.3, 0.4) is 0 Å². The highest BCUT2D eigenvalue weighted by Gasteiger charge is 2.13. The minimum absolute atomic E-state index is 0.170. The fourth-order valence-corrected chi connectivity index (χ4v) is 1.47. The number of hydrogen-bond donors (Lipinski definition) is 1. The van der Waals surface area contributed by atoms with Gasteiger partial charge in [-0.05, 0) is 23.8 Å². The van der Waals surface area contributed by atoms with Gasteiger partial charge in [0.25, 0.3) is 0 Å². The molecule has 6 heteroatoms. The molecule has 90 valence electrons. The molecule has 0 aliphatic carbocycles. The minimum atomic E-state index is -0.960. The number of thiocarbonyl (C=S) groups is 1. The van der Waals surface area contributed by atoms with Gasteiger partial charge in [0, 0.05) is 6.07 Å². The number of aliphatic imine (C=N–C) groups is 1. The summed E-state index contributed by atoms with van der Waals surface area (Å²) in [7, 11) is 2.96. The van der Waals surface area contributed by atoms with Crippen LogP contribution < -0.4 is 9.47 Å². The van der Waals surface area contributed by atoms with E-state index in [-0.39, 0.29) is 6.42 Å². The van der Waals surface area contributed by atoms with Crippen molar-refractivity contribution >= 4 is 29.0 Å². The van der Waals surface area contributed by atoms with Gasteiger partial charge in [-0.15, -0.1) is 0 Å². The second kappa shape index (κ2) is 5.98. The highest BCUT2D eigenvalue weighted by atomic mass is 32.1. The highest BCUT2D eigenvalue weighted by molar-refractivity contribution is 7.78. The largest absolute Gasteiger partial charge is 0.493 e. The van der Waals surface area contributed by atoms with Gasteiger partial charge in [0.05, 0.1) is 31.5 Å². The Morgan fingerprint density at radius 2 is 2.00 bits per heavy atom. The van der Waals surface area contributed by atoms with Crippen molar-refractivity contribution in [2.75, 3.05) is 14.2 Å². The number of aliphatic carboxylic acids is 1. The third kappa shape index (κ3) is 3.27. The van der Waals surface area contributed by atoms with Crippen LogP contribution in [0.4, 0.5) is 5.69 Å². The van der Waals surface area contributed by atoms with Crippen LogP contribution in [0.1, 0.15) is 5.56 Å². The van der Waals surface area contributed by atoms with Crippen LogP contribution in [0.2, 0.25) is 0 Å². The van der Waals surface area contributed by atoms with Gasteiger partial charge >= 0.3 is 5.97 Å². The average molecular weight is 253 g/mol. The van der Waals surface area contributed by atoms with E-state index in [1.807, 2.05) is 0 Å². The van der Waals surface area contributed by atoms with E-state index >= 15 is 0 Å².